The summed E-state index contributed by atoms with van der Waals surface area (Å²) < 4.78 is 11.0. The monoisotopic (exact) mass is 347 g/mol. The van der Waals surface area contributed by atoms with E-state index in [4.69, 9.17) is 9.15 Å². The highest BCUT2D eigenvalue weighted by Gasteiger charge is 2.23. The van der Waals surface area contributed by atoms with E-state index in [9.17, 15) is 14.4 Å². The molecule has 1 N–H and O–H groups in total. The Morgan fingerprint density at radius 1 is 1.32 bits per heavy atom. The molecule has 8 nitrogen and oxygen atoms in total. The smallest absolute Gasteiger partial charge is 0.328 e. The molecule has 0 spiro atoms. The zero-order valence-electron chi connectivity index (χ0n) is 14.4. The Morgan fingerprint density at radius 2 is 2.08 bits per heavy atom. The number of esters is 1. The largest absolute Gasteiger partial charge is 0.467 e. The zero-order valence-corrected chi connectivity index (χ0v) is 14.4. The lowest BCUT2D eigenvalue weighted by Crippen LogP contribution is -2.44. The van der Waals surface area contributed by atoms with Gasteiger partial charge in [-0.05, 0) is 30.5 Å². The minimum atomic E-state index is -0.763. The van der Waals surface area contributed by atoms with Gasteiger partial charge in [0, 0.05) is 6.07 Å². The quantitative estimate of drug-likeness (QED) is 0.755. The Morgan fingerprint density at radius 3 is 2.68 bits per heavy atom. The van der Waals surface area contributed by atoms with Crippen LogP contribution in [0, 0.1) is 5.92 Å². The van der Waals surface area contributed by atoms with Gasteiger partial charge in [-0.1, -0.05) is 13.8 Å². The molecule has 1 amide bonds. The Balaban J connectivity index is 2.12. The normalized spacial score (nSPS) is 12.0. The van der Waals surface area contributed by atoms with Crippen LogP contribution >= 0.6 is 0 Å². The van der Waals surface area contributed by atoms with Crippen LogP contribution < -0.4 is 10.9 Å². The maximum Gasteiger partial charge on any atom is 0.328 e. The second-order valence-corrected chi connectivity index (χ2v) is 5.96. The highest BCUT2D eigenvalue weighted by molar-refractivity contribution is 5.84. The molecule has 2 aromatic rings. The summed E-state index contributed by atoms with van der Waals surface area (Å²) in [6, 6.07) is 5.47. The third kappa shape index (κ3) is 5.03. The Hall–Kier alpha value is -2.90. The highest BCUT2D eigenvalue weighted by Crippen LogP contribution is 2.15. The number of methoxy groups -OCH3 is 1. The first-order valence-electron chi connectivity index (χ1n) is 7.90. The minimum absolute atomic E-state index is 0.188. The van der Waals surface area contributed by atoms with E-state index in [1.807, 2.05) is 13.8 Å². The molecule has 0 saturated heterocycles. The number of rotatable bonds is 7. The number of nitrogens with one attached hydrogen (secondary N) is 1. The Bertz CT molecular complexity index is 780. The molecular formula is C17H21N3O5. The number of hydrogen-bond acceptors (Lipinski definition) is 6. The van der Waals surface area contributed by atoms with Crippen molar-refractivity contribution in [2.24, 2.45) is 5.92 Å². The van der Waals surface area contributed by atoms with Gasteiger partial charge >= 0.3 is 5.97 Å². The van der Waals surface area contributed by atoms with Gasteiger partial charge in [-0.25, -0.2) is 9.48 Å². The van der Waals surface area contributed by atoms with Crippen molar-refractivity contribution < 1.29 is 18.7 Å². The minimum Gasteiger partial charge on any atom is -0.467 e. The van der Waals surface area contributed by atoms with E-state index in [2.05, 4.69) is 10.4 Å². The van der Waals surface area contributed by atoms with Crippen LogP contribution in [-0.2, 0) is 20.9 Å². The molecule has 2 aromatic heterocycles. The van der Waals surface area contributed by atoms with Crippen molar-refractivity contribution in [2.45, 2.75) is 32.9 Å². The van der Waals surface area contributed by atoms with Gasteiger partial charge in [0.2, 0.25) is 5.91 Å². The number of carbonyl (C=O) groups excluding carboxylic acids is 2. The first-order chi connectivity index (χ1) is 11.9. The van der Waals surface area contributed by atoms with Gasteiger partial charge in [0.15, 0.2) is 5.76 Å². The second kappa shape index (κ2) is 8.27. The molecule has 0 fully saturated rings. The van der Waals surface area contributed by atoms with Crippen LogP contribution in [0.2, 0.25) is 0 Å². The summed E-state index contributed by atoms with van der Waals surface area (Å²) in [6.07, 6.45) is 1.93. The molecule has 1 atom stereocenters. The molecule has 0 aliphatic rings. The standard InChI is InChI=1S/C17H21N3O5/c1-11(2)9-13(17(23)24-3)18-15(21)10-20-16(22)7-6-12(19-20)14-5-4-8-25-14/h4-8,11,13H,9-10H2,1-3H3,(H,18,21)/t13-/m0/s1. The van der Waals surface area contributed by atoms with Crippen LogP contribution in [0.25, 0.3) is 11.5 Å². The van der Waals surface area contributed by atoms with Crippen LogP contribution in [0.4, 0.5) is 0 Å². The third-order valence-corrected chi connectivity index (χ3v) is 3.46. The van der Waals surface area contributed by atoms with Crippen LogP contribution in [0.1, 0.15) is 20.3 Å². The lowest BCUT2D eigenvalue weighted by atomic mass is 10.0. The fourth-order valence-corrected chi connectivity index (χ4v) is 2.32. The lowest BCUT2D eigenvalue weighted by molar-refractivity contribution is -0.145. The molecule has 0 bridgehead atoms. The van der Waals surface area contributed by atoms with Gasteiger partial charge < -0.3 is 14.5 Å². The van der Waals surface area contributed by atoms with Crippen LogP contribution in [0.5, 0.6) is 0 Å². The third-order valence-electron chi connectivity index (χ3n) is 3.46. The van der Waals surface area contributed by atoms with Gasteiger partial charge in [0.25, 0.3) is 5.56 Å². The van der Waals surface area contributed by atoms with E-state index in [1.165, 1.54) is 25.5 Å². The topological polar surface area (TPSA) is 103 Å². The van der Waals surface area contributed by atoms with E-state index in [0.717, 1.165) is 4.68 Å². The molecule has 2 rings (SSSR count). The van der Waals surface area contributed by atoms with E-state index in [-0.39, 0.29) is 12.5 Å². The van der Waals surface area contributed by atoms with E-state index in [1.54, 1.807) is 12.1 Å². The van der Waals surface area contributed by atoms with E-state index < -0.39 is 23.5 Å². The first-order valence-corrected chi connectivity index (χ1v) is 7.90. The lowest BCUT2D eigenvalue weighted by Gasteiger charge is -2.18. The molecule has 25 heavy (non-hydrogen) atoms. The summed E-state index contributed by atoms with van der Waals surface area (Å²) in [5.41, 5.74) is 0.00744. The van der Waals surface area contributed by atoms with Gasteiger partial charge in [-0.15, -0.1) is 0 Å². The number of nitrogens with zero attached hydrogens (tertiary/aromatic N) is 2. The average molecular weight is 347 g/mol. The van der Waals surface area contributed by atoms with Gasteiger partial charge in [0.05, 0.1) is 13.4 Å². The molecule has 134 valence electrons. The van der Waals surface area contributed by atoms with E-state index in [0.29, 0.717) is 17.9 Å². The molecule has 0 unspecified atom stereocenters. The number of aromatic nitrogens is 2. The van der Waals surface area contributed by atoms with Crippen LogP contribution in [0.15, 0.2) is 39.7 Å². The predicted molar refractivity (Wildman–Crippen MR) is 89.6 cm³/mol. The summed E-state index contributed by atoms with van der Waals surface area (Å²) in [5, 5.41) is 6.71. The van der Waals surface area contributed by atoms with Crippen molar-refractivity contribution in [2.75, 3.05) is 7.11 Å². The predicted octanol–water partition coefficient (Wildman–Crippen LogP) is 1.21. The van der Waals surface area contributed by atoms with Gasteiger partial charge in [-0.2, -0.15) is 5.10 Å². The molecular weight excluding hydrogens is 326 g/mol. The molecule has 0 aliphatic carbocycles. The zero-order chi connectivity index (χ0) is 18.4. The fourth-order valence-electron chi connectivity index (χ4n) is 2.32. The van der Waals surface area contributed by atoms with Crippen LogP contribution in [-0.4, -0.2) is 34.8 Å². The van der Waals surface area contributed by atoms with Gasteiger partial charge in [-0.3, -0.25) is 9.59 Å². The maximum absolute atomic E-state index is 12.2. The SMILES string of the molecule is COC(=O)[C@H](CC(C)C)NC(=O)Cn1nc(-c2ccco2)ccc1=O. The number of carbonyl (C=O) groups is 2. The van der Waals surface area contributed by atoms with Crippen molar-refractivity contribution in [3.05, 3.63) is 40.9 Å². The van der Waals surface area contributed by atoms with Crippen molar-refractivity contribution in [3.63, 3.8) is 0 Å². The fraction of sp³-hybridized carbons (Fsp3) is 0.412. The van der Waals surface area contributed by atoms with Crippen molar-refractivity contribution >= 4 is 11.9 Å². The van der Waals surface area contributed by atoms with Crippen molar-refractivity contribution in [1.82, 2.24) is 15.1 Å². The average Bonchev–Trinajstić information content (AvgIpc) is 3.09. The number of furan rings is 1. The van der Waals surface area contributed by atoms with E-state index >= 15 is 0 Å². The number of ether oxygens (including phenoxy) is 1. The summed E-state index contributed by atoms with van der Waals surface area (Å²) in [4.78, 5) is 35.9. The molecule has 0 aliphatic heterocycles. The summed E-state index contributed by atoms with van der Waals surface area (Å²) in [5.74, 6) is -0.345. The van der Waals surface area contributed by atoms with Gasteiger partial charge in [0.1, 0.15) is 18.3 Å². The number of hydrogen-bond donors (Lipinski definition) is 1. The Kier molecular flexibility index (Phi) is 6.10. The highest BCUT2D eigenvalue weighted by atomic mass is 16.5. The first kappa shape index (κ1) is 18.4. The molecule has 0 saturated carbocycles. The number of amides is 1. The van der Waals surface area contributed by atoms with Crippen molar-refractivity contribution in [3.8, 4) is 11.5 Å². The summed E-state index contributed by atoms with van der Waals surface area (Å²) in [7, 11) is 1.26. The maximum atomic E-state index is 12.2. The molecule has 0 aromatic carbocycles. The van der Waals surface area contributed by atoms with Crippen molar-refractivity contribution in [1.29, 1.82) is 0 Å². The molecule has 0 radical (unpaired) electrons. The molecule has 2 heterocycles. The molecule has 8 heteroatoms. The van der Waals surface area contributed by atoms with Crippen LogP contribution in [0.3, 0.4) is 0 Å². The second-order valence-electron chi connectivity index (χ2n) is 5.96. The summed E-state index contributed by atoms with van der Waals surface area (Å²) >= 11 is 0. The summed E-state index contributed by atoms with van der Waals surface area (Å²) in [6.45, 7) is 3.56. The Labute approximate surface area is 144 Å².